The van der Waals surface area contributed by atoms with E-state index < -0.39 is 12.1 Å². The van der Waals surface area contributed by atoms with Gasteiger partial charge >= 0.3 is 0 Å². The molecule has 2 heterocycles. The Kier molecular flexibility index (Phi) is 4.82. The zero-order valence-corrected chi connectivity index (χ0v) is 20.5. The number of carbonyl (C=O) groups is 3. The molecule has 0 aromatic heterocycles. The Balaban J connectivity index is 1.38. The van der Waals surface area contributed by atoms with Gasteiger partial charge < -0.3 is 14.7 Å². The molecule has 0 N–H and O–H groups in total. The van der Waals surface area contributed by atoms with Gasteiger partial charge in [0.05, 0.1) is 17.9 Å². The highest BCUT2D eigenvalue weighted by Crippen LogP contribution is 2.55. The van der Waals surface area contributed by atoms with Crippen LogP contribution in [-0.4, -0.2) is 56.9 Å². The minimum atomic E-state index is -0.807. The number of likely N-dealkylation sites (tertiary alicyclic amines) is 1. The van der Waals surface area contributed by atoms with Gasteiger partial charge in [-0.15, -0.1) is 0 Å². The van der Waals surface area contributed by atoms with Crippen LogP contribution in [0.5, 0.6) is 0 Å². The maximum atomic E-state index is 13.7. The fraction of sp³-hybridized carbons (Fsp3) is 0.393. The number of hydrogen-bond acceptors (Lipinski definition) is 5. The molecule has 35 heavy (non-hydrogen) atoms. The number of anilines is 3. The maximum absolute atomic E-state index is 13.7. The fourth-order valence-corrected chi connectivity index (χ4v) is 6.43. The molecule has 2 bridgehead atoms. The molecule has 2 aliphatic heterocycles. The maximum Gasteiger partial charge on any atom is 0.253 e. The summed E-state index contributed by atoms with van der Waals surface area (Å²) in [6.07, 6.45) is 5.04. The molecule has 2 aliphatic carbocycles. The molecule has 7 heteroatoms. The lowest BCUT2D eigenvalue weighted by Gasteiger charge is -2.50. The summed E-state index contributed by atoms with van der Waals surface area (Å²) >= 11 is 0. The average Bonchev–Trinajstić information content (AvgIpc) is 3.53. The Bertz CT molecular complexity index is 1200. The lowest BCUT2D eigenvalue weighted by Crippen LogP contribution is -2.67. The van der Waals surface area contributed by atoms with E-state index in [0.717, 1.165) is 29.0 Å². The van der Waals surface area contributed by atoms with E-state index in [-0.39, 0.29) is 41.4 Å². The Labute approximate surface area is 205 Å². The zero-order chi connectivity index (χ0) is 24.6. The van der Waals surface area contributed by atoms with Crippen LogP contribution in [0.1, 0.15) is 18.0 Å². The first kappa shape index (κ1) is 21.9. The van der Waals surface area contributed by atoms with Crippen LogP contribution in [0.2, 0.25) is 0 Å². The van der Waals surface area contributed by atoms with Gasteiger partial charge in [-0.1, -0.05) is 24.3 Å². The number of amides is 3. The van der Waals surface area contributed by atoms with Crippen molar-refractivity contribution in [3.8, 4) is 0 Å². The number of β-lactam (4-membered cyclic amide) rings is 1. The van der Waals surface area contributed by atoms with Crippen molar-refractivity contribution in [1.82, 2.24) is 4.90 Å². The largest absolute Gasteiger partial charge is 0.378 e. The summed E-state index contributed by atoms with van der Waals surface area (Å²) < 4.78 is 0. The second kappa shape index (κ2) is 7.70. The molecule has 7 nitrogen and oxygen atoms in total. The highest BCUT2D eigenvalue weighted by atomic mass is 16.2. The molecule has 6 atom stereocenters. The molecule has 2 aromatic rings. The number of rotatable bonds is 5. The molecule has 0 radical (unpaired) electrons. The van der Waals surface area contributed by atoms with Gasteiger partial charge in [-0.2, -0.15) is 0 Å². The normalized spacial score (nSPS) is 30.7. The number of imide groups is 1. The Hall–Kier alpha value is -3.61. The summed E-state index contributed by atoms with van der Waals surface area (Å²) in [5.41, 5.74) is 3.75. The third-order valence-corrected chi connectivity index (χ3v) is 8.25. The molecule has 0 spiro atoms. The van der Waals surface area contributed by atoms with Gasteiger partial charge in [0.2, 0.25) is 11.8 Å². The van der Waals surface area contributed by atoms with Crippen LogP contribution in [0, 0.1) is 23.7 Å². The van der Waals surface area contributed by atoms with Gasteiger partial charge in [0.15, 0.2) is 0 Å². The molecule has 6 unspecified atom stereocenters. The summed E-state index contributed by atoms with van der Waals surface area (Å²) in [6, 6.07) is 14.6. The van der Waals surface area contributed by atoms with E-state index in [2.05, 4.69) is 12.2 Å². The van der Waals surface area contributed by atoms with Crippen molar-refractivity contribution in [1.29, 1.82) is 0 Å². The highest BCUT2D eigenvalue weighted by Gasteiger charge is 2.65. The molecule has 1 saturated carbocycles. The van der Waals surface area contributed by atoms with Crippen molar-refractivity contribution in [3.63, 3.8) is 0 Å². The number of hydrogen-bond donors (Lipinski definition) is 0. The van der Waals surface area contributed by atoms with Crippen molar-refractivity contribution >= 4 is 34.8 Å². The van der Waals surface area contributed by atoms with Crippen molar-refractivity contribution < 1.29 is 14.4 Å². The minimum absolute atomic E-state index is 0.120. The predicted molar refractivity (Wildman–Crippen MR) is 135 cm³/mol. The standard InChI is InChI=1S/C28H30N4O3/c1-29(2)19-9-7-16(8-10-19)24-25(28(35)31(24)21-13-11-20(12-14-21)30(3)4)32-26(33)22-17-5-6-18(15-17)23(22)27(32)34/h5-14,17-18,22-25H,15H2,1-4H3. The number of nitrogens with zero attached hydrogens (tertiary/aromatic N) is 4. The first-order valence-electron chi connectivity index (χ1n) is 12.2. The number of benzene rings is 2. The SMILES string of the molecule is CN(C)c1ccc(C2C(N3C(=O)C4C5C=CC(C5)C4C3=O)C(=O)N2c2ccc(N(C)C)cc2)cc1. The van der Waals surface area contributed by atoms with Gasteiger partial charge in [0, 0.05) is 45.3 Å². The minimum Gasteiger partial charge on any atom is -0.378 e. The summed E-state index contributed by atoms with van der Waals surface area (Å²) in [6.45, 7) is 0. The van der Waals surface area contributed by atoms with Crippen molar-refractivity contribution in [2.75, 3.05) is 42.9 Å². The predicted octanol–water partition coefficient (Wildman–Crippen LogP) is 3.08. The summed E-state index contributed by atoms with van der Waals surface area (Å²) in [5, 5.41) is 0. The van der Waals surface area contributed by atoms with Crippen molar-refractivity contribution in [2.45, 2.75) is 18.5 Å². The molecule has 2 aromatic carbocycles. The van der Waals surface area contributed by atoms with E-state index in [1.165, 1.54) is 4.90 Å². The number of allylic oxidation sites excluding steroid dienone is 2. The van der Waals surface area contributed by atoms with Gasteiger partial charge in [-0.25, -0.2) is 0 Å². The molecule has 6 rings (SSSR count). The Morgan fingerprint density at radius 1 is 0.629 bits per heavy atom. The molecule has 3 fully saturated rings. The van der Waals surface area contributed by atoms with Crippen molar-refractivity contribution in [2.24, 2.45) is 23.7 Å². The van der Waals surface area contributed by atoms with E-state index in [4.69, 9.17) is 0 Å². The second-order valence-electron chi connectivity index (χ2n) is 10.5. The van der Waals surface area contributed by atoms with Crippen LogP contribution >= 0.6 is 0 Å². The van der Waals surface area contributed by atoms with E-state index in [0.29, 0.717) is 0 Å². The monoisotopic (exact) mass is 470 g/mol. The lowest BCUT2D eigenvalue weighted by atomic mass is 9.85. The van der Waals surface area contributed by atoms with Gasteiger partial charge in [-0.05, 0) is 60.2 Å². The number of carbonyl (C=O) groups excluding carboxylic acids is 3. The molecule has 4 aliphatic rings. The van der Waals surface area contributed by atoms with E-state index in [1.54, 1.807) is 4.90 Å². The molecular formula is C28H30N4O3. The van der Waals surface area contributed by atoms with Gasteiger partial charge in [-0.3, -0.25) is 19.3 Å². The van der Waals surface area contributed by atoms with E-state index in [9.17, 15) is 14.4 Å². The quantitative estimate of drug-likeness (QED) is 0.382. The summed E-state index contributed by atoms with van der Waals surface area (Å²) in [7, 11) is 7.90. The van der Waals surface area contributed by atoms with Crippen LogP contribution in [0.25, 0.3) is 0 Å². The summed E-state index contributed by atoms with van der Waals surface area (Å²) in [4.78, 5) is 47.8. The van der Waals surface area contributed by atoms with E-state index >= 15 is 0 Å². The fourth-order valence-electron chi connectivity index (χ4n) is 6.43. The molecular weight excluding hydrogens is 440 g/mol. The third kappa shape index (κ3) is 3.07. The lowest BCUT2D eigenvalue weighted by molar-refractivity contribution is -0.153. The van der Waals surface area contributed by atoms with Gasteiger partial charge in [0.1, 0.15) is 6.04 Å². The highest BCUT2D eigenvalue weighted by molar-refractivity contribution is 6.15. The van der Waals surface area contributed by atoms with Gasteiger partial charge in [0.25, 0.3) is 5.91 Å². The second-order valence-corrected chi connectivity index (χ2v) is 10.5. The Morgan fingerprint density at radius 3 is 1.60 bits per heavy atom. The van der Waals surface area contributed by atoms with Crippen LogP contribution in [0.15, 0.2) is 60.7 Å². The Morgan fingerprint density at radius 2 is 1.11 bits per heavy atom. The zero-order valence-electron chi connectivity index (χ0n) is 20.5. The first-order valence-corrected chi connectivity index (χ1v) is 12.2. The smallest absolute Gasteiger partial charge is 0.253 e. The topological polar surface area (TPSA) is 64.2 Å². The first-order chi connectivity index (χ1) is 16.8. The van der Waals surface area contributed by atoms with Crippen molar-refractivity contribution in [3.05, 3.63) is 66.2 Å². The van der Waals surface area contributed by atoms with Crippen LogP contribution in [0.4, 0.5) is 17.1 Å². The third-order valence-electron chi connectivity index (χ3n) is 8.25. The average molecular weight is 471 g/mol. The molecule has 2 saturated heterocycles. The van der Waals surface area contributed by atoms with Crippen LogP contribution in [-0.2, 0) is 14.4 Å². The number of fused-ring (bicyclic) bond motifs is 5. The van der Waals surface area contributed by atoms with E-state index in [1.807, 2.05) is 86.5 Å². The molecule has 180 valence electrons. The van der Waals surface area contributed by atoms with Crippen LogP contribution in [0.3, 0.4) is 0 Å². The van der Waals surface area contributed by atoms with Crippen LogP contribution < -0.4 is 14.7 Å². The molecule has 3 amide bonds. The summed E-state index contributed by atoms with van der Waals surface area (Å²) in [5.74, 6) is -0.930.